The molecule has 3 aliphatic rings. The van der Waals surface area contributed by atoms with E-state index in [1.54, 1.807) is 0 Å². The topological polar surface area (TPSA) is 41.4 Å². The zero-order chi connectivity index (χ0) is 21.2. The molecule has 0 N–H and O–H groups in total. The second-order valence-corrected chi connectivity index (χ2v) is 10.0. The number of carbonyl (C=O) groups is 1. The van der Waals surface area contributed by atoms with E-state index in [-0.39, 0.29) is 5.54 Å². The Kier molecular flexibility index (Phi) is 4.75. The average molecular weight is 427 g/mol. The first-order valence-electron chi connectivity index (χ1n) is 11.2. The van der Waals surface area contributed by atoms with Crippen LogP contribution in [0, 0.1) is 19.8 Å². The maximum Gasteiger partial charge on any atom is 0.243 e. The Morgan fingerprint density at radius 2 is 2.10 bits per heavy atom. The Balaban J connectivity index is 1.45. The molecule has 6 heteroatoms. The smallest absolute Gasteiger partial charge is 0.243 e. The average Bonchev–Trinajstić information content (AvgIpc) is 3.38. The number of amides is 1. The van der Waals surface area contributed by atoms with E-state index in [1.807, 2.05) is 18.2 Å². The summed E-state index contributed by atoms with van der Waals surface area (Å²) in [4.78, 5) is 18.4. The summed E-state index contributed by atoms with van der Waals surface area (Å²) in [6, 6.07) is 8.54. The van der Waals surface area contributed by atoms with Gasteiger partial charge in [-0.2, -0.15) is 5.10 Å². The quantitative estimate of drug-likeness (QED) is 0.713. The van der Waals surface area contributed by atoms with E-state index >= 15 is 0 Å². The second kappa shape index (κ2) is 7.10. The lowest BCUT2D eigenvalue weighted by Gasteiger charge is -2.34. The number of nitrogens with zero attached hydrogens (tertiary/aromatic N) is 4. The maximum absolute atomic E-state index is 13.8. The lowest BCUT2D eigenvalue weighted by molar-refractivity contribution is -0.137. The van der Waals surface area contributed by atoms with E-state index in [4.69, 9.17) is 16.7 Å². The monoisotopic (exact) mass is 426 g/mol. The van der Waals surface area contributed by atoms with Crippen LogP contribution in [-0.4, -0.2) is 44.1 Å². The first kappa shape index (κ1) is 20.1. The highest BCUT2D eigenvalue weighted by atomic mass is 35.5. The normalized spacial score (nSPS) is 28.6. The highest BCUT2D eigenvalue weighted by Gasteiger charge is 2.65. The van der Waals surface area contributed by atoms with Gasteiger partial charge in [0.2, 0.25) is 5.91 Å². The Morgan fingerprint density at radius 1 is 1.30 bits per heavy atom. The lowest BCUT2D eigenvalue weighted by Crippen LogP contribution is -2.49. The molecule has 3 fully saturated rings. The number of benzene rings is 1. The van der Waals surface area contributed by atoms with Gasteiger partial charge in [-0.05, 0) is 71.2 Å². The Labute approximate surface area is 184 Å². The summed E-state index contributed by atoms with van der Waals surface area (Å²) in [6.45, 7) is 11.2. The molecule has 0 aliphatic carbocycles. The standard InChI is InChI=1S/C24H31ClN4O/c1-15(2)29-17(4)22(16(3)26-29)21-12-19-14-27(13-18-7-5-8-20(25)11-18)23(30)24(19)9-6-10-28(21)24/h5,7-8,11,15,19,21H,6,9-10,12-14H2,1-4H3/t19-,21-,24-/m0/s1. The zero-order valence-corrected chi connectivity index (χ0v) is 19.1. The first-order valence-corrected chi connectivity index (χ1v) is 11.6. The molecule has 0 bridgehead atoms. The zero-order valence-electron chi connectivity index (χ0n) is 18.4. The van der Waals surface area contributed by atoms with Crippen LogP contribution in [0.15, 0.2) is 24.3 Å². The molecule has 3 atom stereocenters. The van der Waals surface area contributed by atoms with Gasteiger partial charge in [-0.15, -0.1) is 0 Å². The minimum absolute atomic E-state index is 0.308. The highest BCUT2D eigenvalue weighted by Crippen LogP contribution is 2.56. The predicted octanol–water partition coefficient (Wildman–Crippen LogP) is 4.67. The van der Waals surface area contributed by atoms with Crippen molar-refractivity contribution in [3.05, 3.63) is 51.8 Å². The second-order valence-electron chi connectivity index (χ2n) is 9.61. The summed E-state index contributed by atoms with van der Waals surface area (Å²) in [5.74, 6) is 0.705. The van der Waals surface area contributed by atoms with Gasteiger partial charge in [0, 0.05) is 47.4 Å². The summed E-state index contributed by atoms with van der Waals surface area (Å²) in [6.07, 6.45) is 3.12. The van der Waals surface area contributed by atoms with Gasteiger partial charge in [-0.25, -0.2) is 0 Å². The molecule has 160 valence electrons. The van der Waals surface area contributed by atoms with Gasteiger partial charge in [0.25, 0.3) is 0 Å². The molecule has 30 heavy (non-hydrogen) atoms. The van der Waals surface area contributed by atoms with Crippen molar-refractivity contribution in [1.82, 2.24) is 19.6 Å². The minimum Gasteiger partial charge on any atom is -0.336 e. The van der Waals surface area contributed by atoms with E-state index in [1.165, 1.54) is 11.3 Å². The van der Waals surface area contributed by atoms with Crippen molar-refractivity contribution >= 4 is 17.5 Å². The van der Waals surface area contributed by atoms with Crippen LogP contribution in [0.5, 0.6) is 0 Å². The Morgan fingerprint density at radius 3 is 2.80 bits per heavy atom. The number of halogens is 1. The van der Waals surface area contributed by atoms with Gasteiger partial charge < -0.3 is 4.90 Å². The summed E-state index contributed by atoms with van der Waals surface area (Å²) < 4.78 is 2.15. The molecule has 5 rings (SSSR count). The van der Waals surface area contributed by atoms with Crippen LogP contribution in [0.2, 0.25) is 5.02 Å². The van der Waals surface area contributed by atoms with E-state index < -0.39 is 0 Å². The molecular weight excluding hydrogens is 396 g/mol. The van der Waals surface area contributed by atoms with Crippen molar-refractivity contribution in [3.63, 3.8) is 0 Å². The van der Waals surface area contributed by atoms with Crippen LogP contribution in [0.25, 0.3) is 0 Å². The van der Waals surface area contributed by atoms with Crippen LogP contribution in [0.1, 0.15) is 67.7 Å². The van der Waals surface area contributed by atoms with Crippen molar-refractivity contribution in [2.24, 2.45) is 5.92 Å². The lowest BCUT2D eigenvalue weighted by atomic mass is 9.85. The van der Waals surface area contributed by atoms with E-state index in [0.717, 1.165) is 48.6 Å². The molecule has 0 radical (unpaired) electrons. The molecule has 0 saturated carbocycles. The van der Waals surface area contributed by atoms with Gasteiger partial charge in [-0.3, -0.25) is 14.4 Å². The highest BCUT2D eigenvalue weighted by molar-refractivity contribution is 6.30. The summed E-state index contributed by atoms with van der Waals surface area (Å²) in [5, 5.41) is 5.57. The molecular formula is C24H31ClN4O. The van der Waals surface area contributed by atoms with Crippen molar-refractivity contribution in [1.29, 1.82) is 0 Å². The van der Waals surface area contributed by atoms with Crippen molar-refractivity contribution in [2.75, 3.05) is 13.1 Å². The number of aromatic nitrogens is 2. The van der Waals surface area contributed by atoms with Crippen LogP contribution < -0.4 is 0 Å². The molecule has 1 aromatic carbocycles. The van der Waals surface area contributed by atoms with Crippen LogP contribution in [-0.2, 0) is 11.3 Å². The summed E-state index contributed by atoms with van der Waals surface area (Å²) in [5.41, 5.74) is 4.53. The number of carbonyl (C=O) groups excluding carboxylic acids is 1. The third kappa shape index (κ3) is 2.78. The molecule has 1 spiro atoms. The summed E-state index contributed by atoms with van der Waals surface area (Å²) in [7, 11) is 0. The molecule has 5 nitrogen and oxygen atoms in total. The van der Waals surface area contributed by atoms with Crippen molar-refractivity contribution in [3.8, 4) is 0 Å². The molecule has 0 unspecified atom stereocenters. The number of rotatable bonds is 4. The fraction of sp³-hybridized carbons (Fsp3) is 0.583. The maximum atomic E-state index is 13.8. The molecule has 2 aromatic rings. The third-order valence-electron chi connectivity index (χ3n) is 7.59. The first-order chi connectivity index (χ1) is 14.3. The van der Waals surface area contributed by atoms with E-state index in [9.17, 15) is 4.79 Å². The fourth-order valence-corrected chi connectivity index (χ4v) is 6.72. The van der Waals surface area contributed by atoms with Gasteiger partial charge in [0.1, 0.15) is 5.54 Å². The molecule has 3 saturated heterocycles. The Hall–Kier alpha value is -1.85. The number of aryl methyl sites for hydroxylation is 1. The van der Waals surface area contributed by atoms with E-state index in [0.29, 0.717) is 30.5 Å². The SMILES string of the molecule is Cc1nn(C(C)C)c(C)c1[C@@H]1C[C@H]2CN(Cc3cccc(Cl)c3)C(=O)[C@]23CCCN13. The fourth-order valence-electron chi connectivity index (χ4n) is 6.51. The number of hydrogen-bond donors (Lipinski definition) is 0. The van der Waals surface area contributed by atoms with Crippen molar-refractivity contribution < 1.29 is 4.79 Å². The molecule has 3 aliphatic heterocycles. The minimum atomic E-state index is -0.317. The van der Waals surface area contributed by atoms with Gasteiger partial charge >= 0.3 is 0 Å². The summed E-state index contributed by atoms with van der Waals surface area (Å²) >= 11 is 6.17. The van der Waals surface area contributed by atoms with Crippen LogP contribution >= 0.6 is 11.6 Å². The van der Waals surface area contributed by atoms with Gasteiger partial charge in [0.05, 0.1) is 5.69 Å². The van der Waals surface area contributed by atoms with Gasteiger partial charge in [0.15, 0.2) is 0 Å². The molecule has 1 amide bonds. The number of hydrogen-bond acceptors (Lipinski definition) is 3. The van der Waals surface area contributed by atoms with Crippen LogP contribution in [0.4, 0.5) is 0 Å². The predicted molar refractivity (Wildman–Crippen MR) is 118 cm³/mol. The third-order valence-corrected chi connectivity index (χ3v) is 7.83. The Bertz CT molecular complexity index is 999. The van der Waals surface area contributed by atoms with Crippen LogP contribution in [0.3, 0.4) is 0 Å². The van der Waals surface area contributed by atoms with E-state index in [2.05, 4.69) is 48.2 Å². The molecule has 1 aromatic heterocycles. The van der Waals surface area contributed by atoms with Crippen molar-refractivity contribution in [2.45, 2.75) is 71.1 Å². The number of likely N-dealkylation sites (tertiary alicyclic amines) is 1. The molecule has 4 heterocycles. The largest absolute Gasteiger partial charge is 0.336 e. The van der Waals surface area contributed by atoms with Gasteiger partial charge in [-0.1, -0.05) is 23.7 Å².